The van der Waals surface area contributed by atoms with E-state index in [0.717, 1.165) is 25.3 Å². The van der Waals surface area contributed by atoms with E-state index in [-0.39, 0.29) is 16.7 Å². The number of nitrogens with zero attached hydrogens (tertiary/aromatic N) is 4. The SMILES string of the molecule is Cc1nc2c(F)c(O)c(-c3ccc4nc(N5CC[C@H](N[C@H]6C[C@H](F)C6)C5)ccc4n3)cc2o1. The second-order valence-electron chi connectivity index (χ2n) is 8.93. The number of fused-ring (bicyclic) bond motifs is 2. The van der Waals surface area contributed by atoms with Crippen LogP contribution in [0.1, 0.15) is 25.2 Å². The first-order valence-corrected chi connectivity index (χ1v) is 11.2. The fourth-order valence-corrected chi connectivity index (χ4v) is 4.77. The lowest BCUT2D eigenvalue weighted by molar-refractivity contribution is 0.148. The molecule has 4 heterocycles. The van der Waals surface area contributed by atoms with Crippen molar-refractivity contribution in [2.24, 2.45) is 0 Å². The Bertz CT molecular complexity index is 1370. The van der Waals surface area contributed by atoms with Crippen molar-refractivity contribution in [3.8, 4) is 17.0 Å². The minimum Gasteiger partial charge on any atom is -0.504 e. The molecular weight excluding hydrogens is 428 g/mol. The van der Waals surface area contributed by atoms with Crippen molar-refractivity contribution in [3.63, 3.8) is 0 Å². The summed E-state index contributed by atoms with van der Waals surface area (Å²) < 4.78 is 33.1. The third kappa shape index (κ3) is 3.56. The van der Waals surface area contributed by atoms with Crippen molar-refractivity contribution in [1.29, 1.82) is 0 Å². The zero-order chi connectivity index (χ0) is 22.7. The summed E-state index contributed by atoms with van der Waals surface area (Å²) in [6.07, 6.45) is 1.57. The Labute approximate surface area is 188 Å². The summed E-state index contributed by atoms with van der Waals surface area (Å²) in [5, 5.41) is 13.9. The van der Waals surface area contributed by atoms with Gasteiger partial charge in [-0.3, -0.25) is 0 Å². The molecule has 7 nitrogen and oxygen atoms in total. The molecule has 0 bridgehead atoms. The van der Waals surface area contributed by atoms with Crippen LogP contribution in [0.4, 0.5) is 14.6 Å². The van der Waals surface area contributed by atoms with Gasteiger partial charge >= 0.3 is 0 Å². The Morgan fingerprint density at radius 3 is 2.70 bits per heavy atom. The van der Waals surface area contributed by atoms with Crippen molar-refractivity contribution in [1.82, 2.24) is 20.3 Å². The van der Waals surface area contributed by atoms with Crippen LogP contribution in [0.3, 0.4) is 0 Å². The van der Waals surface area contributed by atoms with Crippen molar-refractivity contribution in [2.45, 2.75) is 44.4 Å². The largest absolute Gasteiger partial charge is 0.504 e. The van der Waals surface area contributed by atoms with Crippen LogP contribution < -0.4 is 10.2 Å². The lowest BCUT2D eigenvalue weighted by atomic mass is 9.90. The number of anilines is 1. The normalized spacial score (nSPS) is 22.9. The Morgan fingerprint density at radius 1 is 1.09 bits per heavy atom. The van der Waals surface area contributed by atoms with Gasteiger partial charge in [0.25, 0.3) is 0 Å². The number of aromatic hydroxyl groups is 1. The smallest absolute Gasteiger partial charge is 0.195 e. The van der Waals surface area contributed by atoms with E-state index >= 15 is 0 Å². The number of halogens is 2. The molecule has 3 aromatic heterocycles. The Hall–Kier alpha value is -3.33. The van der Waals surface area contributed by atoms with Gasteiger partial charge in [0.05, 0.1) is 16.7 Å². The first-order valence-electron chi connectivity index (χ1n) is 11.2. The number of phenolic OH excluding ortho intramolecular Hbond substituents is 1. The minimum atomic E-state index is -0.823. The van der Waals surface area contributed by atoms with E-state index in [1.165, 1.54) is 0 Å². The number of phenols is 1. The number of aromatic nitrogens is 3. The zero-order valence-electron chi connectivity index (χ0n) is 18.1. The van der Waals surface area contributed by atoms with Gasteiger partial charge in [-0.25, -0.2) is 23.7 Å². The van der Waals surface area contributed by atoms with E-state index < -0.39 is 17.7 Å². The van der Waals surface area contributed by atoms with Gasteiger partial charge in [-0.15, -0.1) is 0 Å². The third-order valence-electron chi connectivity index (χ3n) is 6.57. The fraction of sp³-hybridized carbons (Fsp3) is 0.375. The molecule has 1 saturated heterocycles. The molecule has 0 unspecified atom stereocenters. The van der Waals surface area contributed by atoms with Crippen LogP contribution in [0, 0.1) is 12.7 Å². The number of hydrogen-bond donors (Lipinski definition) is 2. The summed E-state index contributed by atoms with van der Waals surface area (Å²) in [5.74, 6) is -0.141. The number of alkyl halides is 1. The Morgan fingerprint density at radius 2 is 1.88 bits per heavy atom. The summed E-state index contributed by atoms with van der Waals surface area (Å²) in [6, 6.07) is 9.51. The molecule has 1 aliphatic heterocycles. The highest BCUT2D eigenvalue weighted by Gasteiger charge is 2.33. The lowest BCUT2D eigenvalue weighted by Crippen LogP contribution is -2.48. The predicted octanol–water partition coefficient (Wildman–Crippen LogP) is 4.26. The van der Waals surface area contributed by atoms with Crippen molar-refractivity contribution in [2.75, 3.05) is 18.0 Å². The maximum atomic E-state index is 14.6. The summed E-state index contributed by atoms with van der Waals surface area (Å²) >= 11 is 0. The monoisotopic (exact) mass is 451 g/mol. The molecule has 1 saturated carbocycles. The topological polar surface area (TPSA) is 87.3 Å². The number of benzene rings is 1. The highest BCUT2D eigenvalue weighted by molar-refractivity contribution is 5.87. The molecular formula is C24H23F2N5O2. The zero-order valence-corrected chi connectivity index (χ0v) is 18.1. The molecule has 2 aliphatic rings. The van der Waals surface area contributed by atoms with Gasteiger partial charge in [0.15, 0.2) is 23.0 Å². The van der Waals surface area contributed by atoms with Crippen molar-refractivity contribution >= 4 is 28.0 Å². The van der Waals surface area contributed by atoms with Crippen LogP contribution in [0.15, 0.2) is 34.7 Å². The molecule has 1 atom stereocenters. The molecule has 1 aromatic carbocycles. The van der Waals surface area contributed by atoms with Gasteiger partial charge in [0.2, 0.25) is 0 Å². The van der Waals surface area contributed by atoms with Gasteiger partial charge in [-0.2, -0.15) is 0 Å². The van der Waals surface area contributed by atoms with Gasteiger partial charge in [-0.05, 0) is 49.6 Å². The van der Waals surface area contributed by atoms with E-state index in [0.29, 0.717) is 47.5 Å². The molecule has 0 amide bonds. The Kier molecular flexibility index (Phi) is 4.69. The second-order valence-corrected chi connectivity index (χ2v) is 8.93. The summed E-state index contributed by atoms with van der Waals surface area (Å²) in [4.78, 5) is 15.5. The van der Waals surface area contributed by atoms with Gasteiger partial charge < -0.3 is 19.7 Å². The molecule has 0 radical (unpaired) electrons. The first kappa shape index (κ1) is 20.3. The van der Waals surface area contributed by atoms with Crippen molar-refractivity contribution in [3.05, 3.63) is 42.0 Å². The lowest BCUT2D eigenvalue weighted by Gasteiger charge is -2.33. The minimum absolute atomic E-state index is 0.000995. The van der Waals surface area contributed by atoms with Crippen LogP contribution in [-0.2, 0) is 0 Å². The molecule has 1 aliphatic carbocycles. The number of pyridine rings is 2. The van der Waals surface area contributed by atoms with Crippen LogP contribution >= 0.6 is 0 Å². The number of aryl methyl sites for hydroxylation is 1. The Balaban J connectivity index is 1.26. The number of rotatable bonds is 4. The predicted molar refractivity (Wildman–Crippen MR) is 121 cm³/mol. The highest BCUT2D eigenvalue weighted by Crippen LogP contribution is 2.36. The molecule has 6 rings (SSSR count). The average Bonchev–Trinajstić information content (AvgIpc) is 3.41. The molecule has 2 N–H and O–H groups in total. The first-order chi connectivity index (χ1) is 15.9. The molecule has 2 fully saturated rings. The average molecular weight is 451 g/mol. The number of nitrogens with one attached hydrogen (secondary N) is 1. The maximum Gasteiger partial charge on any atom is 0.195 e. The second kappa shape index (κ2) is 7.62. The van der Waals surface area contributed by atoms with Gasteiger partial charge in [0.1, 0.15) is 17.5 Å². The number of oxazole rings is 1. The van der Waals surface area contributed by atoms with E-state index in [9.17, 15) is 13.9 Å². The van der Waals surface area contributed by atoms with Crippen LogP contribution in [0.5, 0.6) is 5.75 Å². The van der Waals surface area contributed by atoms with Gasteiger partial charge in [-0.1, -0.05) is 0 Å². The third-order valence-corrected chi connectivity index (χ3v) is 6.57. The molecule has 9 heteroatoms. The fourth-order valence-electron chi connectivity index (χ4n) is 4.77. The molecule has 4 aromatic rings. The van der Waals surface area contributed by atoms with E-state index in [2.05, 4.69) is 20.2 Å². The van der Waals surface area contributed by atoms with Crippen LogP contribution in [0.25, 0.3) is 33.4 Å². The summed E-state index contributed by atoms with van der Waals surface area (Å²) in [7, 11) is 0. The molecule has 33 heavy (non-hydrogen) atoms. The quantitative estimate of drug-likeness (QED) is 0.479. The van der Waals surface area contributed by atoms with Gasteiger partial charge in [0, 0.05) is 37.7 Å². The highest BCUT2D eigenvalue weighted by atomic mass is 19.1. The maximum absolute atomic E-state index is 14.6. The van der Waals surface area contributed by atoms with Crippen molar-refractivity contribution < 1.29 is 18.3 Å². The molecule has 0 spiro atoms. The van der Waals surface area contributed by atoms with E-state index in [4.69, 9.17) is 9.40 Å². The summed E-state index contributed by atoms with van der Waals surface area (Å²) in [5.41, 5.74) is 2.27. The van der Waals surface area contributed by atoms with Crippen LogP contribution in [0.2, 0.25) is 0 Å². The number of hydrogen-bond acceptors (Lipinski definition) is 7. The standard InChI is InChI=1S/C24H23F2N5O2/c1-12-27-23-20(33-12)10-16(24(32)22(23)26)17-2-3-19-18(29-17)4-5-21(30-19)31-7-6-14(11-31)28-15-8-13(25)9-15/h2-5,10,13-15,28,32H,6-9,11H2,1H3/t13-,14-,15-/m0/s1. The van der Waals surface area contributed by atoms with Crippen LogP contribution in [-0.4, -0.2) is 51.4 Å². The van der Waals surface area contributed by atoms with E-state index in [1.54, 1.807) is 19.1 Å². The van der Waals surface area contributed by atoms with E-state index in [1.807, 2.05) is 18.2 Å². The molecule has 170 valence electrons. The summed E-state index contributed by atoms with van der Waals surface area (Å²) in [6.45, 7) is 3.34.